The largest absolute Gasteiger partial charge is 0.455 e. The summed E-state index contributed by atoms with van der Waals surface area (Å²) in [6.07, 6.45) is 5.00. The van der Waals surface area contributed by atoms with E-state index in [2.05, 4.69) is 5.32 Å². The Balaban J connectivity index is 1.73. The van der Waals surface area contributed by atoms with Gasteiger partial charge in [-0.1, -0.05) is 72.8 Å². The number of allylic oxidation sites excluding steroid dienone is 2. The summed E-state index contributed by atoms with van der Waals surface area (Å²) in [7, 11) is 0. The zero-order valence-corrected chi connectivity index (χ0v) is 15.1. The lowest BCUT2D eigenvalue weighted by atomic mass is 10.2. The number of benzene rings is 3. The molecule has 28 heavy (non-hydrogen) atoms. The highest BCUT2D eigenvalue weighted by Gasteiger charge is 2.12. The molecule has 0 saturated carbocycles. The monoisotopic (exact) mass is 366 g/mol. The highest BCUT2D eigenvalue weighted by molar-refractivity contribution is 6.07. The Bertz CT molecular complexity index is 1030. The van der Waals surface area contributed by atoms with Gasteiger partial charge in [-0.15, -0.1) is 0 Å². The van der Waals surface area contributed by atoms with Crippen LogP contribution in [0.5, 0.6) is 11.5 Å². The first-order valence-corrected chi connectivity index (χ1v) is 8.73. The molecule has 0 atom stereocenters. The lowest BCUT2D eigenvalue weighted by Crippen LogP contribution is -2.14. The van der Waals surface area contributed by atoms with E-state index < -0.39 is 5.91 Å². The van der Waals surface area contributed by atoms with Crippen molar-refractivity contribution in [3.8, 4) is 17.6 Å². The van der Waals surface area contributed by atoms with Crippen molar-refractivity contribution in [3.05, 3.63) is 108 Å². The first kappa shape index (κ1) is 18.7. The summed E-state index contributed by atoms with van der Waals surface area (Å²) in [6, 6.07) is 28.0. The van der Waals surface area contributed by atoms with Crippen molar-refractivity contribution in [1.82, 2.24) is 0 Å². The molecule has 0 radical (unpaired) electrons. The topological polar surface area (TPSA) is 62.1 Å². The van der Waals surface area contributed by atoms with Gasteiger partial charge in [-0.05, 0) is 35.9 Å². The van der Waals surface area contributed by atoms with Crippen molar-refractivity contribution >= 4 is 17.7 Å². The van der Waals surface area contributed by atoms with E-state index in [-0.39, 0.29) is 5.57 Å². The number of carbonyl (C=O) groups is 1. The fraction of sp³-hybridized carbons (Fsp3) is 0. The van der Waals surface area contributed by atoms with E-state index in [0.717, 1.165) is 5.56 Å². The van der Waals surface area contributed by atoms with Gasteiger partial charge in [0.1, 0.15) is 17.4 Å². The molecule has 0 unspecified atom stereocenters. The van der Waals surface area contributed by atoms with E-state index >= 15 is 0 Å². The molecule has 1 amide bonds. The van der Waals surface area contributed by atoms with Crippen LogP contribution in [0.3, 0.4) is 0 Å². The van der Waals surface area contributed by atoms with Gasteiger partial charge < -0.3 is 10.1 Å². The van der Waals surface area contributed by atoms with Crippen LogP contribution in [0.1, 0.15) is 5.56 Å². The van der Waals surface area contributed by atoms with Crippen molar-refractivity contribution in [3.63, 3.8) is 0 Å². The van der Waals surface area contributed by atoms with Gasteiger partial charge in [0.05, 0.1) is 5.69 Å². The third kappa shape index (κ3) is 5.20. The van der Waals surface area contributed by atoms with E-state index in [1.165, 1.54) is 6.08 Å². The second kappa shape index (κ2) is 9.56. The summed E-state index contributed by atoms with van der Waals surface area (Å²) in [5.74, 6) is 0.662. The van der Waals surface area contributed by atoms with Crippen molar-refractivity contribution in [2.45, 2.75) is 0 Å². The Labute approximate surface area is 164 Å². The number of amides is 1. The molecule has 0 fully saturated rings. The van der Waals surface area contributed by atoms with Crippen molar-refractivity contribution in [1.29, 1.82) is 5.26 Å². The number of nitrogens with one attached hydrogen (secondary N) is 1. The number of ether oxygens (including phenoxy) is 1. The molecule has 3 rings (SSSR count). The smallest absolute Gasteiger partial charge is 0.266 e. The van der Waals surface area contributed by atoms with Crippen LogP contribution in [0.2, 0.25) is 0 Å². The molecule has 1 N–H and O–H groups in total. The Hall–Kier alpha value is -4.10. The molecule has 0 aliphatic carbocycles. The molecule has 3 aromatic carbocycles. The fourth-order valence-corrected chi connectivity index (χ4v) is 2.45. The lowest BCUT2D eigenvalue weighted by Gasteiger charge is -2.11. The van der Waals surface area contributed by atoms with E-state index in [9.17, 15) is 10.1 Å². The van der Waals surface area contributed by atoms with Crippen LogP contribution in [-0.4, -0.2) is 5.91 Å². The highest BCUT2D eigenvalue weighted by Crippen LogP contribution is 2.29. The van der Waals surface area contributed by atoms with E-state index in [1.54, 1.807) is 24.3 Å². The summed E-state index contributed by atoms with van der Waals surface area (Å²) in [4.78, 5) is 12.5. The summed E-state index contributed by atoms with van der Waals surface area (Å²) in [5.41, 5.74) is 1.48. The maximum absolute atomic E-state index is 12.5. The zero-order chi connectivity index (χ0) is 19.6. The van der Waals surface area contributed by atoms with Gasteiger partial charge in [0, 0.05) is 0 Å². The van der Waals surface area contributed by atoms with Crippen molar-refractivity contribution in [2.24, 2.45) is 0 Å². The van der Waals surface area contributed by atoms with Crippen molar-refractivity contribution < 1.29 is 9.53 Å². The molecule has 4 nitrogen and oxygen atoms in total. The number of anilines is 1. The molecule has 0 saturated heterocycles. The van der Waals surface area contributed by atoms with Gasteiger partial charge in [0.15, 0.2) is 5.75 Å². The predicted molar refractivity (Wildman–Crippen MR) is 111 cm³/mol. The first-order valence-electron chi connectivity index (χ1n) is 8.73. The first-order chi connectivity index (χ1) is 13.8. The van der Waals surface area contributed by atoms with Crippen LogP contribution in [0.15, 0.2) is 103 Å². The van der Waals surface area contributed by atoms with Crippen molar-refractivity contribution in [2.75, 3.05) is 5.32 Å². The second-order valence-corrected chi connectivity index (χ2v) is 5.83. The number of carbonyl (C=O) groups excluding carboxylic acids is 1. The number of hydrogen-bond acceptors (Lipinski definition) is 3. The Morgan fingerprint density at radius 2 is 1.54 bits per heavy atom. The summed E-state index contributed by atoms with van der Waals surface area (Å²) >= 11 is 0. The third-order valence-corrected chi connectivity index (χ3v) is 3.82. The molecule has 4 heteroatoms. The molecular formula is C24H18N2O2. The van der Waals surface area contributed by atoms with Crippen LogP contribution >= 0.6 is 0 Å². The van der Waals surface area contributed by atoms with E-state index in [0.29, 0.717) is 17.2 Å². The summed E-state index contributed by atoms with van der Waals surface area (Å²) in [6.45, 7) is 0. The van der Waals surface area contributed by atoms with Gasteiger partial charge in [-0.25, -0.2) is 0 Å². The quantitative estimate of drug-likeness (QED) is 0.352. The minimum Gasteiger partial charge on any atom is -0.455 e. The molecule has 136 valence electrons. The molecule has 0 spiro atoms. The second-order valence-electron chi connectivity index (χ2n) is 5.83. The fourth-order valence-electron chi connectivity index (χ4n) is 2.45. The van der Waals surface area contributed by atoms with Gasteiger partial charge in [0.25, 0.3) is 5.91 Å². The Kier molecular flexibility index (Phi) is 6.38. The molecule has 0 aliphatic rings. The summed E-state index contributed by atoms with van der Waals surface area (Å²) in [5, 5.41) is 12.1. The number of nitriles is 1. The molecule has 0 heterocycles. The molecule has 0 bridgehead atoms. The van der Waals surface area contributed by atoms with Crippen LogP contribution < -0.4 is 10.1 Å². The number of hydrogen-bond donors (Lipinski definition) is 1. The van der Waals surface area contributed by atoms with Gasteiger partial charge >= 0.3 is 0 Å². The average Bonchev–Trinajstić information content (AvgIpc) is 2.74. The number of nitrogens with zero attached hydrogens (tertiary/aromatic N) is 1. The van der Waals surface area contributed by atoms with E-state index in [4.69, 9.17) is 4.74 Å². The SMILES string of the molecule is N#CC(=CC=Cc1ccccc1)C(=O)Nc1ccccc1Oc1ccccc1. The van der Waals surface area contributed by atoms with Gasteiger partial charge in [-0.2, -0.15) is 5.26 Å². The van der Waals surface area contributed by atoms with Crippen LogP contribution in [0.25, 0.3) is 6.08 Å². The Morgan fingerprint density at radius 3 is 2.25 bits per heavy atom. The lowest BCUT2D eigenvalue weighted by molar-refractivity contribution is -0.112. The number of para-hydroxylation sites is 3. The van der Waals surface area contributed by atoms with Gasteiger partial charge in [-0.3, -0.25) is 4.79 Å². The summed E-state index contributed by atoms with van der Waals surface area (Å²) < 4.78 is 5.83. The van der Waals surface area contributed by atoms with Crippen LogP contribution in [0, 0.1) is 11.3 Å². The maximum atomic E-state index is 12.5. The molecule has 3 aromatic rings. The maximum Gasteiger partial charge on any atom is 0.266 e. The van der Waals surface area contributed by atoms with Crippen LogP contribution in [0.4, 0.5) is 5.69 Å². The Morgan fingerprint density at radius 1 is 0.893 bits per heavy atom. The average molecular weight is 366 g/mol. The molecular weight excluding hydrogens is 348 g/mol. The minimum atomic E-state index is -0.496. The highest BCUT2D eigenvalue weighted by atomic mass is 16.5. The predicted octanol–water partition coefficient (Wildman–Crippen LogP) is 5.58. The van der Waals surface area contributed by atoms with Gasteiger partial charge in [0.2, 0.25) is 0 Å². The normalized spacial score (nSPS) is 11.0. The third-order valence-electron chi connectivity index (χ3n) is 3.82. The molecule has 0 aliphatic heterocycles. The van der Waals surface area contributed by atoms with Crippen LogP contribution in [-0.2, 0) is 4.79 Å². The minimum absolute atomic E-state index is 0.00157. The zero-order valence-electron chi connectivity index (χ0n) is 15.1. The van der Waals surface area contributed by atoms with E-state index in [1.807, 2.05) is 78.9 Å². The molecule has 0 aromatic heterocycles. The number of rotatable bonds is 6. The standard InChI is InChI=1S/C24H18N2O2/c25-18-20(13-9-12-19-10-3-1-4-11-19)24(27)26-22-16-7-8-17-23(22)28-21-14-5-2-6-15-21/h1-17H,(H,26,27).